The molecule has 2 aromatic rings. The first-order valence-corrected chi connectivity index (χ1v) is 14.3. The van der Waals surface area contributed by atoms with E-state index in [0.717, 1.165) is 16.9 Å². The van der Waals surface area contributed by atoms with Crippen molar-refractivity contribution in [3.8, 4) is 17.2 Å². The van der Waals surface area contributed by atoms with Gasteiger partial charge in [0.2, 0.25) is 10.0 Å². The molecule has 0 aliphatic carbocycles. The molecule has 192 valence electrons. The fourth-order valence-electron chi connectivity index (χ4n) is 4.31. The van der Waals surface area contributed by atoms with E-state index in [4.69, 9.17) is 32.7 Å². The average Bonchev–Trinajstić information content (AvgIpc) is 2.85. The third-order valence-corrected chi connectivity index (χ3v) is 9.07. The zero-order valence-corrected chi connectivity index (χ0v) is 23.0. The zero-order valence-electron chi connectivity index (χ0n) is 20.6. The monoisotopic (exact) mass is 541 g/mol. The minimum atomic E-state index is -3.21. The van der Waals surface area contributed by atoms with E-state index in [1.807, 2.05) is 18.2 Å². The Bertz CT molecular complexity index is 1160. The van der Waals surface area contributed by atoms with Crippen molar-refractivity contribution in [1.29, 1.82) is 0 Å². The first-order chi connectivity index (χ1) is 16.6. The van der Waals surface area contributed by atoms with Crippen LogP contribution in [0.5, 0.6) is 17.2 Å². The molecule has 1 saturated heterocycles. The van der Waals surface area contributed by atoms with Gasteiger partial charge in [0.25, 0.3) is 0 Å². The molecule has 0 aromatic heterocycles. The molecule has 0 atom stereocenters. The Morgan fingerprint density at radius 3 is 2.43 bits per heavy atom. The van der Waals surface area contributed by atoms with Crippen molar-refractivity contribution in [2.24, 2.45) is 5.92 Å². The van der Waals surface area contributed by atoms with Gasteiger partial charge in [-0.05, 0) is 61.9 Å². The van der Waals surface area contributed by atoms with Gasteiger partial charge >= 0.3 is 0 Å². The van der Waals surface area contributed by atoms with Crippen molar-refractivity contribution in [2.75, 3.05) is 26.0 Å². The van der Waals surface area contributed by atoms with Gasteiger partial charge in [-0.1, -0.05) is 43.1 Å². The van der Waals surface area contributed by atoms with Crippen molar-refractivity contribution < 1.29 is 22.7 Å². The van der Waals surface area contributed by atoms with E-state index in [1.165, 1.54) is 4.31 Å². The SMILES string of the molecule is CCS(=O)(=O)N1CCC(C(=O)CCc2ccc(Cl)c(Oc3ccc(OC)c(C(C)C)c3)c2Cl)CC1. The maximum atomic E-state index is 12.8. The average molecular weight is 543 g/mol. The fraction of sp³-hybridized carbons (Fsp3) is 0.500. The van der Waals surface area contributed by atoms with Gasteiger partial charge in [0.05, 0.1) is 22.9 Å². The summed E-state index contributed by atoms with van der Waals surface area (Å²) in [5.74, 6) is 2.07. The molecule has 0 saturated carbocycles. The number of carbonyl (C=O) groups is 1. The van der Waals surface area contributed by atoms with Gasteiger partial charge in [0.15, 0.2) is 5.75 Å². The van der Waals surface area contributed by atoms with Crippen LogP contribution < -0.4 is 9.47 Å². The molecule has 1 aliphatic heterocycles. The largest absolute Gasteiger partial charge is 0.496 e. The molecule has 0 N–H and O–H groups in total. The lowest BCUT2D eigenvalue weighted by Gasteiger charge is -2.30. The predicted octanol–water partition coefficient (Wildman–Crippen LogP) is 6.48. The van der Waals surface area contributed by atoms with Gasteiger partial charge in [-0.15, -0.1) is 0 Å². The van der Waals surface area contributed by atoms with Crippen LogP contribution >= 0.6 is 23.2 Å². The molecule has 0 bridgehead atoms. The molecule has 0 unspecified atom stereocenters. The number of halogens is 2. The molecular formula is C26H33Cl2NO5S. The molecule has 6 nitrogen and oxygen atoms in total. The second-order valence-corrected chi connectivity index (χ2v) is 12.1. The van der Waals surface area contributed by atoms with Crippen LogP contribution in [0.1, 0.15) is 57.1 Å². The Morgan fingerprint density at radius 2 is 1.83 bits per heavy atom. The van der Waals surface area contributed by atoms with Gasteiger partial charge in [-0.2, -0.15) is 0 Å². The van der Waals surface area contributed by atoms with Crippen molar-refractivity contribution >= 4 is 39.0 Å². The molecule has 0 radical (unpaired) electrons. The standard InChI is InChI=1S/C26H33Cl2NO5S/c1-5-35(31,32)29-14-12-18(13-15-29)23(30)10-7-19-6-9-22(27)26(25(19)28)34-20-8-11-24(33-4)21(16-20)17(2)3/h6,8-9,11,16-18H,5,7,10,12-15H2,1-4H3. The summed E-state index contributed by atoms with van der Waals surface area (Å²) in [4.78, 5) is 12.8. The summed E-state index contributed by atoms with van der Waals surface area (Å²) in [6.07, 6.45) is 1.89. The second-order valence-electron chi connectivity index (χ2n) is 9.05. The van der Waals surface area contributed by atoms with Crippen molar-refractivity contribution in [1.82, 2.24) is 4.31 Å². The minimum absolute atomic E-state index is 0.0837. The molecule has 35 heavy (non-hydrogen) atoms. The Balaban J connectivity index is 1.67. The van der Waals surface area contributed by atoms with Gasteiger partial charge in [-0.3, -0.25) is 4.79 Å². The van der Waals surface area contributed by atoms with Crippen LogP contribution in [0.2, 0.25) is 10.0 Å². The Kier molecular flexibility index (Phi) is 9.49. The van der Waals surface area contributed by atoms with Crippen LogP contribution in [0.15, 0.2) is 30.3 Å². The first-order valence-electron chi connectivity index (χ1n) is 11.9. The number of piperidine rings is 1. The highest BCUT2D eigenvalue weighted by molar-refractivity contribution is 7.89. The normalized spacial score (nSPS) is 15.4. The van der Waals surface area contributed by atoms with E-state index in [0.29, 0.717) is 60.3 Å². The molecular weight excluding hydrogens is 509 g/mol. The number of nitrogens with zero attached hydrogens (tertiary/aromatic N) is 1. The van der Waals surface area contributed by atoms with Gasteiger partial charge in [0.1, 0.15) is 17.3 Å². The summed E-state index contributed by atoms with van der Waals surface area (Å²) in [6, 6.07) is 9.11. The summed E-state index contributed by atoms with van der Waals surface area (Å²) in [6.45, 7) is 6.58. The summed E-state index contributed by atoms with van der Waals surface area (Å²) < 4.78 is 37.1. The fourth-order valence-corrected chi connectivity index (χ4v) is 5.98. The maximum Gasteiger partial charge on any atom is 0.213 e. The molecule has 3 rings (SSSR count). The number of aryl methyl sites for hydroxylation is 1. The third-order valence-electron chi connectivity index (χ3n) is 6.48. The smallest absolute Gasteiger partial charge is 0.213 e. The van der Waals surface area contributed by atoms with E-state index < -0.39 is 10.0 Å². The number of sulfonamides is 1. The van der Waals surface area contributed by atoms with Crippen LogP contribution in [-0.4, -0.2) is 44.5 Å². The van der Waals surface area contributed by atoms with E-state index in [-0.39, 0.29) is 23.4 Å². The minimum Gasteiger partial charge on any atom is -0.496 e. The van der Waals surface area contributed by atoms with E-state index in [2.05, 4.69) is 13.8 Å². The zero-order chi connectivity index (χ0) is 25.8. The molecule has 1 aliphatic rings. The summed E-state index contributed by atoms with van der Waals surface area (Å²) in [7, 11) is -1.57. The number of ketones is 1. The quantitative estimate of drug-likeness (QED) is 0.344. The highest BCUT2D eigenvalue weighted by atomic mass is 35.5. The lowest BCUT2D eigenvalue weighted by Crippen LogP contribution is -2.41. The Morgan fingerprint density at radius 1 is 1.14 bits per heavy atom. The lowest BCUT2D eigenvalue weighted by molar-refractivity contribution is -0.123. The summed E-state index contributed by atoms with van der Waals surface area (Å²) in [5, 5.41) is 0.771. The number of hydrogen-bond acceptors (Lipinski definition) is 5. The van der Waals surface area contributed by atoms with Crippen LogP contribution in [0, 0.1) is 5.92 Å². The third kappa shape index (κ3) is 6.70. The van der Waals surface area contributed by atoms with Crippen LogP contribution in [0.3, 0.4) is 0 Å². The number of hydrogen-bond donors (Lipinski definition) is 0. The molecule has 1 heterocycles. The first kappa shape index (κ1) is 27.8. The van der Waals surface area contributed by atoms with Gasteiger partial charge in [-0.25, -0.2) is 12.7 Å². The predicted molar refractivity (Wildman–Crippen MR) is 141 cm³/mol. The van der Waals surface area contributed by atoms with Crippen molar-refractivity contribution in [3.05, 3.63) is 51.5 Å². The number of benzene rings is 2. The molecule has 9 heteroatoms. The van der Waals surface area contributed by atoms with Crippen LogP contribution in [0.25, 0.3) is 0 Å². The number of rotatable bonds is 10. The summed E-state index contributed by atoms with van der Waals surface area (Å²) in [5.41, 5.74) is 1.79. The maximum absolute atomic E-state index is 12.8. The topological polar surface area (TPSA) is 72.9 Å². The van der Waals surface area contributed by atoms with Crippen LogP contribution in [0.4, 0.5) is 0 Å². The number of ether oxygens (including phenoxy) is 2. The molecule has 1 fully saturated rings. The highest BCUT2D eigenvalue weighted by Gasteiger charge is 2.30. The van der Waals surface area contributed by atoms with E-state index in [1.54, 1.807) is 26.2 Å². The molecule has 2 aromatic carbocycles. The van der Waals surface area contributed by atoms with E-state index in [9.17, 15) is 13.2 Å². The Labute approximate surface area is 218 Å². The van der Waals surface area contributed by atoms with Gasteiger partial charge in [0, 0.05) is 31.0 Å². The van der Waals surface area contributed by atoms with Crippen LogP contribution in [-0.2, 0) is 21.2 Å². The summed E-state index contributed by atoms with van der Waals surface area (Å²) >= 11 is 13.1. The number of Topliss-reactive ketones (excluding diaryl/α,β-unsaturated/α-hetero) is 1. The number of carbonyl (C=O) groups excluding carboxylic acids is 1. The lowest BCUT2D eigenvalue weighted by atomic mass is 9.90. The van der Waals surface area contributed by atoms with Crippen molar-refractivity contribution in [2.45, 2.75) is 52.4 Å². The molecule has 0 amide bonds. The molecule has 0 spiro atoms. The van der Waals surface area contributed by atoms with E-state index >= 15 is 0 Å². The highest BCUT2D eigenvalue weighted by Crippen LogP contribution is 2.40. The van der Waals surface area contributed by atoms with Gasteiger partial charge < -0.3 is 9.47 Å². The van der Waals surface area contributed by atoms with Crippen molar-refractivity contribution in [3.63, 3.8) is 0 Å². The number of methoxy groups -OCH3 is 1. The second kappa shape index (κ2) is 12.0. The Hall–Kier alpha value is -1.80.